The average molecular weight is 382 g/mol. The predicted octanol–water partition coefficient (Wildman–Crippen LogP) is 2.68. The molecule has 2 amide bonds. The van der Waals surface area contributed by atoms with Crippen molar-refractivity contribution in [1.82, 2.24) is 0 Å². The van der Waals surface area contributed by atoms with Crippen molar-refractivity contribution in [3.63, 3.8) is 0 Å². The predicted molar refractivity (Wildman–Crippen MR) is 104 cm³/mol. The van der Waals surface area contributed by atoms with Crippen molar-refractivity contribution in [3.05, 3.63) is 54.1 Å². The minimum atomic E-state index is -1.06. The quantitative estimate of drug-likeness (QED) is 0.804. The number of rotatable bonds is 5. The Morgan fingerprint density at radius 2 is 1.82 bits per heavy atom. The Kier molecular flexibility index (Phi) is 5.63. The summed E-state index contributed by atoms with van der Waals surface area (Å²) in [4.78, 5) is 38.3. The lowest BCUT2D eigenvalue weighted by atomic mass is 10.1. The van der Waals surface area contributed by atoms with E-state index < -0.39 is 24.1 Å². The van der Waals surface area contributed by atoms with Gasteiger partial charge in [0, 0.05) is 0 Å². The summed E-state index contributed by atoms with van der Waals surface area (Å²) in [5.74, 6) is -0.887. The van der Waals surface area contributed by atoms with Gasteiger partial charge in [-0.25, -0.2) is 4.79 Å². The maximum Gasteiger partial charge on any atom is 0.347 e. The van der Waals surface area contributed by atoms with E-state index in [0.29, 0.717) is 17.1 Å². The summed E-state index contributed by atoms with van der Waals surface area (Å²) in [6.07, 6.45) is -1.94. The van der Waals surface area contributed by atoms with E-state index in [1.165, 1.54) is 11.8 Å². The molecule has 7 nitrogen and oxygen atoms in total. The van der Waals surface area contributed by atoms with Crippen LogP contribution in [0.4, 0.5) is 11.4 Å². The molecule has 2 atom stereocenters. The maximum atomic E-state index is 12.8. The van der Waals surface area contributed by atoms with Crippen molar-refractivity contribution >= 4 is 29.2 Å². The van der Waals surface area contributed by atoms with Crippen LogP contribution in [-0.2, 0) is 19.1 Å². The number of carbonyl (C=O) groups is 3. The Morgan fingerprint density at radius 1 is 1.07 bits per heavy atom. The minimum absolute atomic E-state index is 0.132. The van der Waals surface area contributed by atoms with E-state index in [2.05, 4.69) is 5.32 Å². The molecule has 0 saturated carbocycles. The van der Waals surface area contributed by atoms with E-state index in [1.807, 2.05) is 25.1 Å². The lowest BCUT2D eigenvalue weighted by Crippen LogP contribution is -2.47. The van der Waals surface area contributed by atoms with Gasteiger partial charge in [-0.15, -0.1) is 0 Å². The molecule has 1 aliphatic rings. The van der Waals surface area contributed by atoms with E-state index >= 15 is 0 Å². The second-order valence-electron chi connectivity index (χ2n) is 6.65. The van der Waals surface area contributed by atoms with Gasteiger partial charge >= 0.3 is 5.97 Å². The van der Waals surface area contributed by atoms with Crippen LogP contribution in [0.15, 0.2) is 48.5 Å². The molecular formula is C21H22N2O5. The van der Waals surface area contributed by atoms with Crippen molar-refractivity contribution in [2.45, 2.75) is 33.0 Å². The Bertz CT molecular complexity index is 911. The molecule has 0 aliphatic carbocycles. The normalized spacial score (nSPS) is 15.1. The summed E-state index contributed by atoms with van der Waals surface area (Å²) >= 11 is 0. The molecule has 0 unspecified atom stereocenters. The number of hydrogen-bond acceptors (Lipinski definition) is 5. The second-order valence-corrected chi connectivity index (χ2v) is 6.65. The third-order valence-corrected chi connectivity index (χ3v) is 4.31. The summed E-state index contributed by atoms with van der Waals surface area (Å²) in [6, 6.07) is 14.3. The molecule has 1 aliphatic heterocycles. The molecule has 0 radical (unpaired) electrons. The molecule has 1 N–H and O–H groups in total. The summed E-state index contributed by atoms with van der Waals surface area (Å²) in [5.41, 5.74) is 2.12. The lowest BCUT2D eigenvalue weighted by molar-refractivity contribution is -0.160. The van der Waals surface area contributed by atoms with Crippen LogP contribution in [-0.4, -0.2) is 36.5 Å². The number of ether oxygens (including phenoxy) is 2. The lowest BCUT2D eigenvalue weighted by Gasteiger charge is -2.31. The van der Waals surface area contributed by atoms with Crippen LogP contribution >= 0.6 is 0 Å². The van der Waals surface area contributed by atoms with Crippen LogP contribution in [0.3, 0.4) is 0 Å². The molecule has 0 saturated heterocycles. The Balaban J connectivity index is 1.65. The number of nitrogens with zero attached hydrogens (tertiary/aromatic N) is 1. The standard InChI is InChI=1S/C21H22N2O5/c1-13-7-6-8-16(11-13)27-15(3)21(26)28-14(2)20(25)23-12-19(24)22-17-9-4-5-10-18(17)23/h4-11,14-15H,12H2,1-3H3,(H,22,24)/t14-,15-/m1/s1. The number of hydrogen-bond donors (Lipinski definition) is 1. The number of para-hydroxylation sites is 2. The fourth-order valence-corrected chi connectivity index (χ4v) is 2.91. The zero-order valence-electron chi connectivity index (χ0n) is 16.0. The first-order valence-corrected chi connectivity index (χ1v) is 8.99. The minimum Gasteiger partial charge on any atom is -0.479 e. The van der Waals surface area contributed by atoms with Gasteiger partial charge < -0.3 is 14.8 Å². The molecule has 0 spiro atoms. The number of fused-ring (bicyclic) bond motifs is 1. The van der Waals surface area contributed by atoms with Gasteiger partial charge in [0.1, 0.15) is 12.3 Å². The average Bonchev–Trinajstić information content (AvgIpc) is 2.66. The van der Waals surface area contributed by atoms with Crippen LogP contribution < -0.4 is 15.0 Å². The van der Waals surface area contributed by atoms with Crippen LogP contribution in [0, 0.1) is 6.92 Å². The fraction of sp³-hybridized carbons (Fsp3) is 0.286. The van der Waals surface area contributed by atoms with Gasteiger partial charge in [0.05, 0.1) is 11.4 Å². The van der Waals surface area contributed by atoms with Crippen LogP contribution in [0.2, 0.25) is 0 Å². The molecule has 0 bridgehead atoms. The van der Waals surface area contributed by atoms with Gasteiger partial charge in [0.25, 0.3) is 5.91 Å². The third-order valence-electron chi connectivity index (χ3n) is 4.31. The van der Waals surface area contributed by atoms with Crippen LogP contribution in [0.1, 0.15) is 19.4 Å². The first-order valence-electron chi connectivity index (χ1n) is 8.99. The van der Waals surface area contributed by atoms with Crippen molar-refractivity contribution in [1.29, 1.82) is 0 Å². The van der Waals surface area contributed by atoms with Gasteiger partial charge in [0.15, 0.2) is 12.2 Å². The van der Waals surface area contributed by atoms with Gasteiger partial charge in [-0.2, -0.15) is 0 Å². The van der Waals surface area contributed by atoms with Crippen LogP contribution in [0.5, 0.6) is 5.75 Å². The van der Waals surface area contributed by atoms with Crippen molar-refractivity contribution in [3.8, 4) is 5.75 Å². The summed E-state index contributed by atoms with van der Waals surface area (Å²) in [7, 11) is 0. The Morgan fingerprint density at radius 3 is 2.57 bits per heavy atom. The highest BCUT2D eigenvalue weighted by Crippen LogP contribution is 2.29. The summed E-state index contributed by atoms with van der Waals surface area (Å²) < 4.78 is 10.9. The Hall–Kier alpha value is -3.35. The van der Waals surface area contributed by atoms with Crippen molar-refractivity contribution in [2.75, 3.05) is 16.8 Å². The number of nitrogens with one attached hydrogen (secondary N) is 1. The zero-order chi connectivity index (χ0) is 20.3. The molecule has 2 aromatic rings. The SMILES string of the molecule is Cc1cccc(O[C@H](C)C(=O)O[C@H](C)C(=O)N2CC(=O)Nc3ccccc32)c1. The number of benzene rings is 2. The smallest absolute Gasteiger partial charge is 0.347 e. The molecule has 28 heavy (non-hydrogen) atoms. The molecule has 7 heteroatoms. The topological polar surface area (TPSA) is 84.9 Å². The van der Waals surface area contributed by atoms with Gasteiger partial charge in [-0.05, 0) is 50.6 Å². The van der Waals surface area contributed by atoms with Gasteiger partial charge in [-0.1, -0.05) is 24.3 Å². The zero-order valence-corrected chi connectivity index (χ0v) is 16.0. The highest BCUT2D eigenvalue weighted by Gasteiger charge is 2.32. The molecule has 2 aromatic carbocycles. The molecule has 0 aromatic heterocycles. The van der Waals surface area contributed by atoms with E-state index in [1.54, 1.807) is 37.3 Å². The summed E-state index contributed by atoms with van der Waals surface area (Å²) in [5, 5.41) is 2.71. The number of amides is 2. The van der Waals surface area contributed by atoms with Gasteiger partial charge in [-0.3, -0.25) is 14.5 Å². The fourth-order valence-electron chi connectivity index (χ4n) is 2.91. The molecule has 3 rings (SSSR count). The molecular weight excluding hydrogens is 360 g/mol. The van der Waals surface area contributed by atoms with E-state index in [4.69, 9.17) is 9.47 Å². The first-order chi connectivity index (χ1) is 13.3. The van der Waals surface area contributed by atoms with Crippen molar-refractivity contribution in [2.24, 2.45) is 0 Å². The third kappa shape index (κ3) is 4.31. The highest BCUT2D eigenvalue weighted by atomic mass is 16.6. The number of carbonyl (C=O) groups excluding carboxylic acids is 3. The summed E-state index contributed by atoms with van der Waals surface area (Å²) in [6.45, 7) is 4.83. The first kappa shape index (κ1) is 19.4. The van der Waals surface area contributed by atoms with Gasteiger partial charge in [0.2, 0.25) is 5.91 Å². The second kappa shape index (κ2) is 8.12. The molecule has 1 heterocycles. The van der Waals surface area contributed by atoms with Crippen LogP contribution in [0.25, 0.3) is 0 Å². The maximum absolute atomic E-state index is 12.8. The Labute approximate surface area is 163 Å². The molecule has 0 fully saturated rings. The number of esters is 1. The van der Waals surface area contributed by atoms with E-state index in [9.17, 15) is 14.4 Å². The van der Waals surface area contributed by atoms with E-state index in [-0.39, 0.29) is 12.5 Å². The monoisotopic (exact) mass is 382 g/mol. The van der Waals surface area contributed by atoms with E-state index in [0.717, 1.165) is 5.56 Å². The molecule has 146 valence electrons. The van der Waals surface area contributed by atoms with Crippen molar-refractivity contribution < 1.29 is 23.9 Å². The highest BCUT2D eigenvalue weighted by molar-refractivity contribution is 6.11. The largest absolute Gasteiger partial charge is 0.479 e. The number of aryl methyl sites for hydroxylation is 1. The number of anilines is 2.